The van der Waals surface area contributed by atoms with Crippen molar-refractivity contribution < 1.29 is 17.9 Å². The summed E-state index contributed by atoms with van der Waals surface area (Å²) in [6, 6.07) is 5.77. The minimum atomic E-state index is -3.48. The Morgan fingerprint density at radius 3 is 2.87 bits per heavy atom. The van der Waals surface area contributed by atoms with Crippen LogP contribution in [0.3, 0.4) is 0 Å². The second-order valence-corrected chi connectivity index (χ2v) is 10.8. The molecule has 0 bridgehead atoms. The lowest BCUT2D eigenvalue weighted by molar-refractivity contribution is 0.0691. The molecule has 3 aromatic rings. The molecule has 0 amide bonds. The molecule has 4 heterocycles. The molecule has 158 valence electrons. The molecule has 2 aliphatic heterocycles. The Hall–Kier alpha value is -2.72. The lowest BCUT2D eigenvalue weighted by Crippen LogP contribution is -2.52. The van der Waals surface area contributed by atoms with Gasteiger partial charge in [-0.15, -0.1) is 0 Å². The van der Waals surface area contributed by atoms with E-state index in [2.05, 4.69) is 15.1 Å². The number of morpholine rings is 1. The van der Waals surface area contributed by atoms with Gasteiger partial charge in [-0.1, -0.05) is 12.1 Å². The molecule has 1 atom stereocenters. The van der Waals surface area contributed by atoms with Crippen molar-refractivity contribution in [2.75, 3.05) is 37.5 Å². The molecule has 1 fully saturated rings. The van der Waals surface area contributed by atoms with Gasteiger partial charge < -0.3 is 14.4 Å². The number of anilines is 1. The number of benzene rings is 1. The van der Waals surface area contributed by atoms with Crippen molar-refractivity contribution in [3.63, 3.8) is 0 Å². The van der Waals surface area contributed by atoms with Gasteiger partial charge in [0.2, 0.25) is 0 Å². The summed E-state index contributed by atoms with van der Waals surface area (Å²) in [7, 11) is -3.48. The van der Waals surface area contributed by atoms with Gasteiger partial charge in [0, 0.05) is 23.8 Å². The summed E-state index contributed by atoms with van der Waals surface area (Å²) in [6.07, 6.45) is 2.95. The Labute approximate surface area is 174 Å². The average Bonchev–Trinajstić information content (AvgIpc) is 3.21. The zero-order chi connectivity index (χ0) is 21.1. The van der Waals surface area contributed by atoms with Crippen LogP contribution in [0.5, 0.6) is 5.75 Å². The van der Waals surface area contributed by atoms with E-state index in [0.29, 0.717) is 49.5 Å². The van der Waals surface area contributed by atoms with E-state index in [1.807, 2.05) is 18.2 Å². The first kappa shape index (κ1) is 19.3. The number of fused-ring (bicyclic) bond motifs is 4. The molecular formula is C20H23N5O4S. The van der Waals surface area contributed by atoms with Crippen LogP contribution in [0.4, 0.5) is 5.82 Å². The molecule has 2 aliphatic rings. The van der Waals surface area contributed by atoms with Crippen molar-refractivity contribution in [3.05, 3.63) is 30.1 Å². The highest BCUT2D eigenvalue weighted by Crippen LogP contribution is 2.44. The van der Waals surface area contributed by atoms with Crippen LogP contribution in [0.1, 0.15) is 19.5 Å². The summed E-state index contributed by atoms with van der Waals surface area (Å²) in [5.74, 6) is 1.50. The van der Waals surface area contributed by atoms with Crippen molar-refractivity contribution in [3.8, 4) is 17.1 Å². The fourth-order valence-corrected chi connectivity index (χ4v) is 4.37. The smallest absolute Gasteiger partial charge is 0.185 e. The van der Waals surface area contributed by atoms with E-state index in [1.54, 1.807) is 20.0 Å². The highest BCUT2D eigenvalue weighted by molar-refractivity contribution is 7.91. The van der Waals surface area contributed by atoms with Gasteiger partial charge in [-0.05, 0) is 19.9 Å². The van der Waals surface area contributed by atoms with E-state index in [-0.39, 0.29) is 6.04 Å². The van der Waals surface area contributed by atoms with E-state index < -0.39 is 14.6 Å². The third kappa shape index (κ3) is 2.85. The highest BCUT2D eigenvalue weighted by Gasteiger charge is 2.42. The maximum Gasteiger partial charge on any atom is 0.185 e. The number of hydrogen-bond donors (Lipinski definition) is 1. The third-order valence-electron chi connectivity index (χ3n) is 5.99. The molecule has 1 aromatic carbocycles. The largest absolute Gasteiger partial charge is 0.486 e. The molecule has 10 heteroatoms. The summed E-state index contributed by atoms with van der Waals surface area (Å²) >= 11 is 0. The maximum atomic E-state index is 12.7. The minimum absolute atomic E-state index is 0.0351. The number of rotatable bonds is 3. The molecule has 1 saturated heterocycles. The number of aromatic nitrogens is 4. The third-order valence-corrected chi connectivity index (χ3v) is 8.04. The standard InChI is InChI=1S/C20H23N5O4S/c1-20(2,30(3,26)27)17-16-19(25-7-8-28-10-12(25)11-29-16)23-18(22-17)13-5-4-6-15-14(13)9-21-24-15/h4-6,9,12H,7-8,10-11H2,1-3H3,(H,21,24). The van der Waals surface area contributed by atoms with Gasteiger partial charge in [0.15, 0.2) is 27.2 Å². The fraction of sp³-hybridized carbons (Fsp3) is 0.450. The van der Waals surface area contributed by atoms with Gasteiger partial charge in [-0.2, -0.15) is 5.10 Å². The Morgan fingerprint density at radius 2 is 2.07 bits per heavy atom. The predicted molar refractivity (Wildman–Crippen MR) is 112 cm³/mol. The van der Waals surface area contributed by atoms with Crippen molar-refractivity contribution in [2.45, 2.75) is 24.6 Å². The van der Waals surface area contributed by atoms with Gasteiger partial charge in [-0.25, -0.2) is 18.4 Å². The van der Waals surface area contributed by atoms with Crippen LogP contribution in [0.25, 0.3) is 22.3 Å². The number of sulfone groups is 1. The van der Waals surface area contributed by atoms with Crippen molar-refractivity contribution >= 4 is 26.6 Å². The van der Waals surface area contributed by atoms with Crippen LogP contribution in [0.2, 0.25) is 0 Å². The molecule has 1 unspecified atom stereocenters. The summed E-state index contributed by atoms with van der Waals surface area (Å²) in [6.45, 7) is 5.49. The van der Waals surface area contributed by atoms with Crippen molar-refractivity contribution in [1.29, 1.82) is 0 Å². The first-order valence-electron chi connectivity index (χ1n) is 9.79. The van der Waals surface area contributed by atoms with Crippen LogP contribution < -0.4 is 9.64 Å². The SMILES string of the molecule is CC(C)(c1nc(-c2cccc3[nH]ncc23)nc2c1OCC1COCCN21)S(C)(=O)=O. The Bertz CT molecular complexity index is 1240. The normalized spacial score (nSPS) is 19.3. The highest BCUT2D eigenvalue weighted by atomic mass is 32.2. The summed E-state index contributed by atoms with van der Waals surface area (Å²) in [5.41, 5.74) is 2.01. The number of ether oxygens (including phenoxy) is 2. The van der Waals surface area contributed by atoms with E-state index in [0.717, 1.165) is 16.5 Å². The molecule has 0 saturated carbocycles. The summed E-state index contributed by atoms with van der Waals surface area (Å²) < 4.78 is 35.7. The lowest BCUT2D eigenvalue weighted by Gasteiger charge is -2.41. The zero-order valence-electron chi connectivity index (χ0n) is 17.0. The quantitative estimate of drug-likeness (QED) is 0.672. The summed E-state index contributed by atoms with van der Waals surface area (Å²) in [4.78, 5) is 11.7. The molecule has 0 radical (unpaired) electrons. The van der Waals surface area contributed by atoms with Gasteiger partial charge in [0.1, 0.15) is 17.0 Å². The lowest BCUT2D eigenvalue weighted by atomic mass is 10.0. The Balaban J connectivity index is 1.79. The molecule has 1 N–H and O–H groups in total. The van der Waals surface area contributed by atoms with Crippen LogP contribution in [-0.4, -0.2) is 67.2 Å². The molecule has 30 heavy (non-hydrogen) atoms. The molecule has 0 spiro atoms. The van der Waals surface area contributed by atoms with Crippen LogP contribution in [0.15, 0.2) is 24.4 Å². The molecular weight excluding hydrogens is 406 g/mol. The first-order valence-corrected chi connectivity index (χ1v) is 11.7. The van der Waals surface area contributed by atoms with Crippen LogP contribution in [0, 0.1) is 0 Å². The monoisotopic (exact) mass is 429 g/mol. The second kappa shape index (κ2) is 6.64. The summed E-state index contributed by atoms with van der Waals surface area (Å²) in [5, 5.41) is 7.95. The number of aromatic amines is 1. The molecule has 9 nitrogen and oxygen atoms in total. The van der Waals surface area contributed by atoms with E-state index in [4.69, 9.17) is 19.4 Å². The van der Waals surface area contributed by atoms with Crippen molar-refractivity contribution in [1.82, 2.24) is 20.2 Å². The maximum absolute atomic E-state index is 12.7. The first-order chi connectivity index (χ1) is 14.3. The zero-order valence-corrected chi connectivity index (χ0v) is 17.9. The van der Waals surface area contributed by atoms with Gasteiger partial charge in [0.25, 0.3) is 0 Å². The van der Waals surface area contributed by atoms with E-state index in [9.17, 15) is 8.42 Å². The van der Waals surface area contributed by atoms with E-state index in [1.165, 1.54) is 6.26 Å². The molecule has 5 rings (SSSR count). The van der Waals surface area contributed by atoms with Gasteiger partial charge in [-0.3, -0.25) is 5.10 Å². The Morgan fingerprint density at radius 1 is 1.23 bits per heavy atom. The van der Waals surface area contributed by atoms with Crippen molar-refractivity contribution in [2.24, 2.45) is 0 Å². The molecule has 2 aromatic heterocycles. The minimum Gasteiger partial charge on any atom is -0.486 e. The Kier molecular flexibility index (Phi) is 4.26. The van der Waals surface area contributed by atoms with Gasteiger partial charge >= 0.3 is 0 Å². The van der Waals surface area contributed by atoms with Crippen LogP contribution >= 0.6 is 0 Å². The topological polar surface area (TPSA) is 110 Å². The number of hydrogen-bond acceptors (Lipinski definition) is 8. The number of nitrogens with zero attached hydrogens (tertiary/aromatic N) is 4. The average molecular weight is 430 g/mol. The van der Waals surface area contributed by atoms with Gasteiger partial charge in [0.05, 0.1) is 31.0 Å². The molecule has 0 aliphatic carbocycles. The predicted octanol–water partition coefficient (Wildman–Crippen LogP) is 1.90. The van der Waals surface area contributed by atoms with E-state index >= 15 is 0 Å². The number of H-pyrrole nitrogens is 1. The second-order valence-electron chi connectivity index (χ2n) is 8.20. The van der Waals surface area contributed by atoms with Crippen LogP contribution in [-0.2, 0) is 19.3 Å². The fourth-order valence-electron chi connectivity index (χ4n) is 3.88. The number of nitrogens with one attached hydrogen (secondary N) is 1.